The first-order chi connectivity index (χ1) is 10.2. The number of halogens is 2. The third-order valence-electron chi connectivity index (χ3n) is 4.57. The van der Waals surface area contributed by atoms with Gasteiger partial charge in [-0.15, -0.1) is 0 Å². The summed E-state index contributed by atoms with van der Waals surface area (Å²) in [7, 11) is 0. The molecule has 0 saturated carbocycles. The zero-order chi connectivity index (χ0) is 14.9. The summed E-state index contributed by atoms with van der Waals surface area (Å²) in [4.78, 5) is 0. The molecule has 0 amide bonds. The van der Waals surface area contributed by atoms with E-state index in [0.717, 1.165) is 24.8 Å². The molecule has 0 radical (unpaired) electrons. The van der Waals surface area contributed by atoms with E-state index in [-0.39, 0.29) is 18.6 Å². The van der Waals surface area contributed by atoms with Crippen LogP contribution in [0.25, 0.3) is 0 Å². The second-order valence-corrected chi connectivity index (χ2v) is 5.83. The van der Waals surface area contributed by atoms with Crippen molar-refractivity contribution in [1.29, 1.82) is 0 Å². The van der Waals surface area contributed by atoms with Crippen LogP contribution in [0.5, 0.6) is 0 Å². The average Bonchev–Trinajstić information content (AvgIpc) is 2.51. The molecule has 0 saturated heterocycles. The Labute approximate surface area is 123 Å². The van der Waals surface area contributed by atoms with E-state index >= 15 is 0 Å². The minimum atomic E-state index is -0.585. The SMILES string of the molecule is OCC1(Cc2c(F)cccc2F)CCCc2ccccc21. The Morgan fingerprint density at radius 3 is 2.43 bits per heavy atom. The van der Waals surface area contributed by atoms with Crippen molar-refractivity contribution in [1.82, 2.24) is 0 Å². The van der Waals surface area contributed by atoms with Gasteiger partial charge >= 0.3 is 0 Å². The number of benzene rings is 2. The first-order valence-corrected chi connectivity index (χ1v) is 7.28. The number of hydrogen-bond acceptors (Lipinski definition) is 1. The summed E-state index contributed by atoms with van der Waals surface area (Å²) in [6.07, 6.45) is 2.82. The summed E-state index contributed by atoms with van der Waals surface area (Å²) in [6, 6.07) is 11.8. The number of aliphatic hydroxyl groups excluding tert-OH is 1. The lowest BCUT2D eigenvalue weighted by Gasteiger charge is -2.38. The lowest BCUT2D eigenvalue weighted by Crippen LogP contribution is -2.37. The van der Waals surface area contributed by atoms with Crippen LogP contribution in [0.3, 0.4) is 0 Å². The molecule has 3 rings (SSSR count). The summed E-state index contributed by atoms with van der Waals surface area (Å²) in [6.45, 7) is -0.0994. The highest BCUT2D eigenvalue weighted by Gasteiger charge is 2.37. The van der Waals surface area contributed by atoms with Gasteiger partial charge < -0.3 is 5.11 Å². The van der Waals surface area contributed by atoms with E-state index in [1.807, 2.05) is 24.3 Å². The van der Waals surface area contributed by atoms with Gasteiger partial charge in [-0.2, -0.15) is 0 Å². The molecule has 2 aromatic rings. The van der Waals surface area contributed by atoms with Crippen molar-refractivity contribution >= 4 is 0 Å². The maximum Gasteiger partial charge on any atom is 0.129 e. The topological polar surface area (TPSA) is 20.2 Å². The fraction of sp³-hybridized carbons (Fsp3) is 0.333. The molecule has 0 bridgehead atoms. The molecule has 1 atom stereocenters. The van der Waals surface area contributed by atoms with Gasteiger partial charge in [-0.25, -0.2) is 8.78 Å². The van der Waals surface area contributed by atoms with Crippen LogP contribution < -0.4 is 0 Å². The van der Waals surface area contributed by atoms with E-state index in [1.54, 1.807) is 0 Å². The molecular formula is C18H18F2O. The fourth-order valence-corrected chi connectivity index (χ4v) is 3.45. The smallest absolute Gasteiger partial charge is 0.129 e. The van der Waals surface area contributed by atoms with E-state index < -0.39 is 17.0 Å². The molecule has 1 unspecified atom stereocenters. The number of rotatable bonds is 3. The Bertz CT molecular complexity index is 633. The lowest BCUT2D eigenvalue weighted by atomic mass is 9.67. The summed E-state index contributed by atoms with van der Waals surface area (Å²) in [5.41, 5.74) is 1.69. The molecule has 1 nitrogen and oxygen atoms in total. The Morgan fingerprint density at radius 2 is 1.71 bits per heavy atom. The van der Waals surface area contributed by atoms with Crippen molar-refractivity contribution in [2.75, 3.05) is 6.61 Å². The van der Waals surface area contributed by atoms with Crippen molar-refractivity contribution in [3.63, 3.8) is 0 Å². The van der Waals surface area contributed by atoms with Gasteiger partial charge in [0.1, 0.15) is 11.6 Å². The molecule has 0 aliphatic heterocycles. The van der Waals surface area contributed by atoms with Crippen molar-refractivity contribution in [2.24, 2.45) is 0 Å². The zero-order valence-electron chi connectivity index (χ0n) is 11.8. The van der Waals surface area contributed by atoms with Crippen LogP contribution in [0.1, 0.15) is 29.5 Å². The van der Waals surface area contributed by atoms with Crippen LogP contribution in [-0.2, 0) is 18.3 Å². The molecular weight excluding hydrogens is 270 g/mol. The number of aliphatic hydroxyl groups is 1. The maximum absolute atomic E-state index is 14.0. The zero-order valence-corrected chi connectivity index (χ0v) is 11.8. The largest absolute Gasteiger partial charge is 0.395 e. The van der Waals surface area contributed by atoms with Crippen LogP contribution in [0, 0.1) is 11.6 Å². The third-order valence-corrected chi connectivity index (χ3v) is 4.57. The molecule has 0 heterocycles. The normalized spacial score (nSPS) is 21.1. The Kier molecular flexibility index (Phi) is 3.77. The molecule has 1 aliphatic carbocycles. The summed E-state index contributed by atoms with van der Waals surface area (Å²) >= 11 is 0. The molecule has 1 aliphatic rings. The second-order valence-electron chi connectivity index (χ2n) is 5.83. The standard InChI is InChI=1S/C18H18F2O/c19-16-8-3-9-17(20)14(16)11-18(12-21)10-4-6-13-5-1-2-7-15(13)18/h1-3,5,7-9,21H,4,6,10-12H2. The van der Waals surface area contributed by atoms with Gasteiger partial charge in [0.05, 0.1) is 6.61 Å². The number of fused-ring (bicyclic) bond motifs is 1. The highest BCUT2D eigenvalue weighted by Crippen LogP contribution is 2.40. The van der Waals surface area contributed by atoms with Gasteiger partial charge in [0.2, 0.25) is 0 Å². The van der Waals surface area contributed by atoms with Gasteiger partial charge in [0.15, 0.2) is 0 Å². The van der Waals surface area contributed by atoms with E-state index in [1.165, 1.54) is 23.8 Å². The van der Waals surface area contributed by atoms with Gasteiger partial charge in [0.25, 0.3) is 0 Å². The summed E-state index contributed by atoms with van der Waals surface area (Å²) in [5.74, 6) is -1.07. The average molecular weight is 288 g/mol. The van der Waals surface area contributed by atoms with Crippen molar-refractivity contribution < 1.29 is 13.9 Å². The molecule has 0 spiro atoms. The molecule has 21 heavy (non-hydrogen) atoms. The first kappa shape index (κ1) is 14.2. The highest BCUT2D eigenvalue weighted by atomic mass is 19.1. The molecule has 110 valence electrons. The van der Waals surface area contributed by atoms with Crippen LogP contribution in [0.4, 0.5) is 8.78 Å². The second kappa shape index (κ2) is 5.57. The van der Waals surface area contributed by atoms with E-state index in [9.17, 15) is 13.9 Å². The molecule has 3 heteroatoms. The molecule has 0 fully saturated rings. The molecule has 2 aromatic carbocycles. The lowest BCUT2D eigenvalue weighted by molar-refractivity contribution is 0.171. The van der Waals surface area contributed by atoms with Gasteiger partial charge in [-0.1, -0.05) is 30.3 Å². The Hall–Kier alpha value is -1.74. The minimum Gasteiger partial charge on any atom is -0.395 e. The quantitative estimate of drug-likeness (QED) is 0.911. The summed E-state index contributed by atoms with van der Waals surface area (Å²) in [5, 5.41) is 9.99. The van der Waals surface area contributed by atoms with Crippen LogP contribution in [0.15, 0.2) is 42.5 Å². The first-order valence-electron chi connectivity index (χ1n) is 7.28. The van der Waals surface area contributed by atoms with Crippen LogP contribution in [-0.4, -0.2) is 11.7 Å². The van der Waals surface area contributed by atoms with E-state index in [0.29, 0.717) is 0 Å². The predicted octanol–water partition coefficient (Wildman–Crippen LogP) is 3.77. The molecule has 1 N–H and O–H groups in total. The van der Waals surface area contributed by atoms with Crippen molar-refractivity contribution in [2.45, 2.75) is 31.1 Å². The maximum atomic E-state index is 14.0. The van der Waals surface area contributed by atoms with Crippen molar-refractivity contribution in [3.8, 4) is 0 Å². The van der Waals surface area contributed by atoms with Crippen molar-refractivity contribution in [3.05, 3.63) is 70.8 Å². The van der Waals surface area contributed by atoms with E-state index in [2.05, 4.69) is 0 Å². The summed E-state index contributed by atoms with van der Waals surface area (Å²) < 4.78 is 27.9. The van der Waals surface area contributed by atoms with E-state index in [4.69, 9.17) is 0 Å². The number of aryl methyl sites for hydroxylation is 1. The Balaban J connectivity index is 2.07. The van der Waals surface area contributed by atoms with Gasteiger partial charge in [-0.3, -0.25) is 0 Å². The highest BCUT2D eigenvalue weighted by molar-refractivity contribution is 5.39. The fourth-order valence-electron chi connectivity index (χ4n) is 3.45. The third kappa shape index (κ3) is 2.46. The monoisotopic (exact) mass is 288 g/mol. The molecule has 0 aromatic heterocycles. The van der Waals surface area contributed by atoms with Gasteiger partial charge in [-0.05, 0) is 48.9 Å². The Morgan fingerprint density at radius 1 is 1.00 bits per heavy atom. The van der Waals surface area contributed by atoms with Gasteiger partial charge in [0, 0.05) is 11.0 Å². The van der Waals surface area contributed by atoms with Crippen LogP contribution >= 0.6 is 0 Å². The van der Waals surface area contributed by atoms with Crippen LogP contribution in [0.2, 0.25) is 0 Å². The number of hydrogen-bond donors (Lipinski definition) is 1. The predicted molar refractivity (Wildman–Crippen MR) is 78.2 cm³/mol. The minimum absolute atomic E-state index is 0.0725.